The number of esters is 1. The van der Waals surface area contributed by atoms with Crippen molar-refractivity contribution >= 4 is 40.6 Å². The van der Waals surface area contributed by atoms with Gasteiger partial charge in [-0.25, -0.2) is 14.2 Å². The molecule has 1 aromatic carbocycles. The summed E-state index contributed by atoms with van der Waals surface area (Å²) in [5.41, 5.74) is 0.347. The molecule has 2 bridgehead atoms. The molecular formula is C29H31FN4O6S. The number of thioether (sulfide) groups is 1. The molecule has 2 heterocycles. The molecule has 3 rings (SSSR count). The average molecular weight is 583 g/mol. The van der Waals surface area contributed by atoms with Gasteiger partial charge in [-0.05, 0) is 31.1 Å². The highest BCUT2D eigenvalue weighted by molar-refractivity contribution is 8.13. The zero-order valence-corrected chi connectivity index (χ0v) is 23.5. The fraction of sp³-hybridized carbons (Fsp3) is 0.310. The van der Waals surface area contributed by atoms with Crippen molar-refractivity contribution in [3.8, 4) is 0 Å². The molecule has 0 saturated heterocycles. The smallest absolute Gasteiger partial charge is 0.329 e. The molecule has 10 nitrogen and oxygen atoms in total. The minimum atomic E-state index is -1.17. The van der Waals surface area contributed by atoms with Gasteiger partial charge < -0.3 is 20.7 Å². The monoisotopic (exact) mass is 582 g/mol. The van der Waals surface area contributed by atoms with Gasteiger partial charge in [0.05, 0.1) is 18.7 Å². The summed E-state index contributed by atoms with van der Waals surface area (Å²) in [5, 5.41) is 7.58. The Bertz CT molecular complexity index is 1350. The van der Waals surface area contributed by atoms with E-state index in [4.69, 9.17) is 4.74 Å². The van der Waals surface area contributed by atoms with E-state index >= 15 is 0 Å². The highest BCUT2D eigenvalue weighted by Crippen LogP contribution is 2.12. The van der Waals surface area contributed by atoms with Gasteiger partial charge in [0.2, 0.25) is 5.91 Å². The summed E-state index contributed by atoms with van der Waals surface area (Å²) in [6.07, 6.45) is 3.90. The standard InChI is InChI=1S/C29H31FN4O6S/c1-3-23-27(37)34-25(13-19-9-5-4-6-10-19)29(39)40-22(11-7-8-12-41-18(2)35)16-26(36)31-17-21-14-20(30)15-24(32-21)28(38)33-23/h3-7,9-11,14-15,22,25H,8,12-13,16-17H2,1-2H3,(H,31,36)(H,33,38)(H,34,37)/b11-7+,23-3-/t22-,25?/m1/s1. The lowest BCUT2D eigenvalue weighted by molar-refractivity contribution is -0.151. The summed E-state index contributed by atoms with van der Waals surface area (Å²) in [6, 6.07) is 9.74. The molecule has 3 N–H and O–H groups in total. The fourth-order valence-electron chi connectivity index (χ4n) is 3.83. The predicted octanol–water partition coefficient (Wildman–Crippen LogP) is 2.74. The number of halogens is 1. The first kappa shape index (κ1) is 31.2. The van der Waals surface area contributed by atoms with Crippen LogP contribution in [0.15, 0.2) is 66.4 Å². The van der Waals surface area contributed by atoms with Gasteiger partial charge in [0.1, 0.15) is 29.4 Å². The lowest BCUT2D eigenvalue weighted by Crippen LogP contribution is -2.47. The number of hydrogen-bond acceptors (Lipinski definition) is 8. The van der Waals surface area contributed by atoms with E-state index in [-0.39, 0.29) is 41.6 Å². The number of nitrogens with zero attached hydrogens (tertiary/aromatic N) is 1. The van der Waals surface area contributed by atoms with Gasteiger partial charge in [-0.2, -0.15) is 0 Å². The van der Waals surface area contributed by atoms with E-state index in [0.717, 1.165) is 29.5 Å². The Hall–Kier alpha value is -4.32. The van der Waals surface area contributed by atoms with Crippen LogP contribution in [-0.4, -0.2) is 51.7 Å². The molecule has 0 radical (unpaired) electrons. The average Bonchev–Trinajstić information content (AvgIpc) is 2.93. The topological polar surface area (TPSA) is 144 Å². The van der Waals surface area contributed by atoms with Crippen molar-refractivity contribution in [3.63, 3.8) is 0 Å². The second-order valence-electron chi connectivity index (χ2n) is 9.05. The van der Waals surface area contributed by atoms with Crippen LogP contribution in [0, 0.1) is 5.82 Å². The number of benzene rings is 1. The lowest BCUT2D eigenvalue weighted by Gasteiger charge is -2.22. The van der Waals surface area contributed by atoms with Crippen molar-refractivity contribution in [2.45, 2.75) is 51.8 Å². The van der Waals surface area contributed by atoms with Crippen molar-refractivity contribution in [1.82, 2.24) is 20.9 Å². The van der Waals surface area contributed by atoms with E-state index in [1.807, 2.05) is 6.07 Å². The van der Waals surface area contributed by atoms with Crippen molar-refractivity contribution in [2.75, 3.05) is 5.75 Å². The van der Waals surface area contributed by atoms with Gasteiger partial charge in [-0.15, -0.1) is 0 Å². The van der Waals surface area contributed by atoms with Crippen molar-refractivity contribution < 1.29 is 33.1 Å². The maximum absolute atomic E-state index is 14.3. The summed E-state index contributed by atoms with van der Waals surface area (Å²) in [4.78, 5) is 67.4. The molecule has 0 fully saturated rings. The van der Waals surface area contributed by atoms with Gasteiger partial charge in [-0.1, -0.05) is 54.2 Å². The van der Waals surface area contributed by atoms with Gasteiger partial charge in [0.15, 0.2) is 5.12 Å². The fourth-order valence-corrected chi connectivity index (χ4v) is 4.37. The number of aromatic nitrogens is 1. The molecule has 1 unspecified atom stereocenters. The quantitative estimate of drug-likeness (QED) is 0.204. The summed E-state index contributed by atoms with van der Waals surface area (Å²) in [6.45, 7) is 2.79. The summed E-state index contributed by atoms with van der Waals surface area (Å²) in [5.74, 6) is -3.16. The largest absolute Gasteiger partial charge is 0.456 e. The van der Waals surface area contributed by atoms with Gasteiger partial charge in [-0.3, -0.25) is 19.2 Å². The molecule has 2 aromatic rings. The van der Waals surface area contributed by atoms with E-state index in [1.54, 1.807) is 36.4 Å². The first-order valence-electron chi connectivity index (χ1n) is 12.9. The number of pyridine rings is 1. The Labute approximate surface area is 241 Å². The Kier molecular flexibility index (Phi) is 11.8. The van der Waals surface area contributed by atoms with Gasteiger partial charge in [0.25, 0.3) is 11.8 Å². The summed E-state index contributed by atoms with van der Waals surface area (Å²) < 4.78 is 19.9. The number of ether oxygens (including phenoxy) is 1. The molecule has 2 atom stereocenters. The number of carbonyl (C=O) groups excluding carboxylic acids is 5. The first-order chi connectivity index (χ1) is 19.6. The number of hydrogen-bond donors (Lipinski definition) is 3. The van der Waals surface area contributed by atoms with Crippen LogP contribution < -0.4 is 16.0 Å². The van der Waals surface area contributed by atoms with Crippen molar-refractivity contribution in [3.05, 3.63) is 89.2 Å². The Morgan fingerprint density at radius 1 is 1.15 bits per heavy atom. The van der Waals surface area contributed by atoms with E-state index < -0.39 is 41.7 Å². The minimum absolute atomic E-state index is 0.0285. The summed E-state index contributed by atoms with van der Waals surface area (Å²) in [7, 11) is 0. The van der Waals surface area contributed by atoms with Crippen molar-refractivity contribution in [1.29, 1.82) is 0 Å². The third-order valence-electron chi connectivity index (χ3n) is 5.79. The third-order valence-corrected chi connectivity index (χ3v) is 6.64. The van der Waals surface area contributed by atoms with Gasteiger partial charge in [0, 0.05) is 25.2 Å². The number of allylic oxidation sites excluding steroid dienone is 2. The van der Waals surface area contributed by atoms with Crippen LogP contribution in [0.25, 0.3) is 0 Å². The third kappa shape index (κ3) is 10.3. The maximum atomic E-state index is 14.3. The molecule has 216 valence electrons. The van der Waals surface area contributed by atoms with E-state index in [9.17, 15) is 28.4 Å². The molecule has 1 aliphatic rings. The van der Waals surface area contributed by atoms with E-state index in [1.165, 1.54) is 19.9 Å². The van der Waals surface area contributed by atoms with E-state index in [0.29, 0.717) is 12.2 Å². The first-order valence-corrected chi connectivity index (χ1v) is 13.9. The van der Waals surface area contributed by atoms with Crippen LogP contribution in [-0.2, 0) is 36.9 Å². The zero-order valence-electron chi connectivity index (χ0n) is 22.6. The second-order valence-corrected chi connectivity index (χ2v) is 10.3. The molecule has 12 heteroatoms. The number of rotatable bonds is 6. The van der Waals surface area contributed by atoms with Crippen LogP contribution in [0.2, 0.25) is 0 Å². The SMILES string of the molecule is C/C=C1\NC(=O)c2cc(F)cc(n2)CNC(=O)C[C@@H](/C=C/CCSC(C)=O)OC(=O)C(Cc2ccccc2)NC1=O. The summed E-state index contributed by atoms with van der Waals surface area (Å²) >= 11 is 1.14. The Morgan fingerprint density at radius 2 is 1.90 bits per heavy atom. The van der Waals surface area contributed by atoms with E-state index in [2.05, 4.69) is 20.9 Å². The lowest BCUT2D eigenvalue weighted by atomic mass is 10.1. The normalized spacial score (nSPS) is 19.8. The molecule has 0 saturated carbocycles. The minimum Gasteiger partial charge on any atom is -0.456 e. The molecule has 3 amide bonds. The van der Waals surface area contributed by atoms with Crippen molar-refractivity contribution in [2.24, 2.45) is 0 Å². The maximum Gasteiger partial charge on any atom is 0.329 e. The van der Waals surface area contributed by atoms with Crippen LogP contribution >= 0.6 is 11.8 Å². The number of amides is 3. The highest BCUT2D eigenvalue weighted by Gasteiger charge is 2.28. The van der Waals surface area contributed by atoms with Crippen LogP contribution in [0.3, 0.4) is 0 Å². The Morgan fingerprint density at radius 3 is 2.61 bits per heavy atom. The van der Waals surface area contributed by atoms with Crippen LogP contribution in [0.5, 0.6) is 0 Å². The number of cyclic esters (lactones) is 1. The predicted molar refractivity (Wildman–Crippen MR) is 151 cm³/mol. The molecule has 0 spiro atoms. The van der Waals surface area contributed by atoms with Crippen LogP contribution in [0.1, 0.15) is 48.4 Å². The Balaban J connectivity index is 1.94. The molecule has 0 aliphatic carbocycles. The second kappa shape index (κ2) is 15.5. The van der Waals surface area contributed by atoms with Gasteiger partial charge >= 0.3 is 5.97 Å². The number of nitrogens with one attached hydrogen (secondary N) is 3. The van der Waals surface area contributed by atoms with Crippen LogP contribution in [0.4, 0.5) is 4.39 Å². The molecular weight excluding hydrogens is 551 g/mol. The molecule has 41 heavy (non-hydrogen) atoms. The number of fused-ring (bicyclic) bond motifs is 2. The zero-order chi connectivity index (χ0) is 29.8. The molecule has 1 aromatic heterocycles. The highest BCUT2D eigenvalue weighted by atomic mass is 32.2. The molecule has 1 aliphatic heterocycles. The number of carbonyl (C=O) groups is 5.